The van der Waals surface area contributed by atoms with E-state index in [2.05, 4.69) is 4.99 Å². The highest BCUT2D eigenvalue weighted by Crippen LogP contribution is 2.31. The molecule has 0 rings (SSSR count). The van der Waals surface area contributed by atoms with E-state index in [0.717, 1.165) is 0 Å². The number of aliphatic imine (C=N–C) groups is 1. The Kier molecular flexibility index (Phi) is 4.11. The fourth-order valence-corrected chi connectivity index (χ4v) is 1.71. The molecule has 0 aromatic heterocycles. The standard InChI is InChI=1S/C10H19NO2/c1-7(6-11-5)8(9(12)13)10(2,3)4/h6-8H,1-5H3,(H,12,13)/t7-,8-/m0/s1. The number of rotatable bonds is 3. The molecule has 0 saturated heterocycles. The van der Waals surface area contributed by atoms with Crippen molar-refractivity contribution in [3.05, 3.63) is 0 Å². The van der Waals surface area contributed by atoms with Gasteiger partial charge in [-0.2, -0.15) is 0 Å². The third kappa shape index (κ3) is 3.57. The second-order valence-electron chi connectivity index (χ2n) is 4.45. The minimum Gasteiger partial charge on any atom is -0.481 e. The predicted molar refractivity (Wildman–Crippen MR) is 54.2 cm³/mol. The lowest BCUT2D eigenvalue weighted by molar-refractivity contribution is -0.146. The molecule has 76 valence electrons. The number of carboxylic acids is 1. The quantitative estimate of drug-likeness (QED) is 0.684. The van der Waals surface area contributed by atoms with Crippen LogP contribution >= 0.6 is 0 Å². The molecule has 0 amide bonds. The van der Waals surface area contributed by atoms with E-state index in [1.807, 2.05) is 27.7 Å². The van der Waals surface area contributed by atoms with Crippen LogP contribution in [0.15, 0.2) is 4.99 Å². The number of hydrogen-bond donors (Lipinski definition) is 1. The zero-order valence-electron chi connectivity index (χ0n) is 9.03. The molecule has 13 heavy (non-hydrogen) atoms. The topological polar surface area (TPSA) is 49.7 Å². The largest absolute Gasteiger partial charge is 0.481 e. The predicted octanol–water partition coefficient (Wildman–Crippen LogP) is 2.07. The highest BCUT2D eigenvalue weighted by Gasteiger charge is 2.34. The van der Waals surface area contributed by atoms with E-state index in [4.69, 9.17) is 5.11 Å². The maximum absolute atomic E-state index is 11.0. The van der Waals surface area contributed by atoms with Gasteiger partial charge in [0.25, 0.3) is 0 Å². The fraction of sp³-hybridized carbons (Fsp3) is 0.800. The summed E-state index contributed by atoms with van der Waals surface area (Å²) in [7, 11) is 1.66. The van der Waals surface area contributed by atoms with Crippen LogP contribution in [-0.4, -0.2) is 24.3 Å². The van der Waals surface area contributed by atoms with Crippen molar-refractivity contribution in [2.75, 3.05) is 7.05 Å². The van der Waals surface area contributed by atoms with Crippen LogP contribution < -0.4 is 0 Å². The Labute approximate surface area is 79.9 Å². The third-order valence-electron chi connectivity index (χ3n) is 2.11. The van der Waals surface area contributed by atoms with Crippen molar-refractivity contribution in [3.8, 4) is 0 Å². The maximum atomic E-state index is 11.0. The summed E-state index contributed by atoms with van der Waals surface area (Å²) in [6.07, 6.45) is 1.70. The average Bonchev–Trinajstić information content (AvgIpc) is 1.82. The van der Waals surface area contributed by atoms with Gasteiger partial charge in [0.1, 0.15) is 0 Å². The van der Waals surface area contributed by atoms with Gasteiger partial charge in [-0.3, -0.25) is 4.79 Å². The monoisotopic (exact) mass is 185 g/mol. The lowest BCUT2D eigenvalue weighted by atomic mass is 9.74. The highest BCUT2D eigenvalue weighted by atomic mass is 16.4. The molecule has 0 unspecified atom stereocenters. The van der Waals surface area contributed by atoms with Gasteiger partial charge in [0.15, 0.2) is 0 Å². The zero-order chi connectivity index (χ0) is 10.6. The number of nitrogens with zero attached hydrogens (tertiary/aromatic N) is 1. The summed E-state index contributed by atoms with van der Waals surface area (Å²) in [6.45, 7) is 7.69. The van der Waals surface area contributed by atoms with Gasteiger partial charge in [-0.1, -0.05) is 27.7 Å². The van der Waals surface area contributed by atoms with Gasteiger partial charge in [0, 0.05) is 19.2 Å². The van der Waals surface area contributed by atoms with Crippen LogP contribution in [0.5, 0.6) is 0 Å². The molecule has 0 fully saturated rings. The minimum atomic E-state index is -0.750. The first-order valence-corrected chi connectivity index (χ1v) is 4.45. The summed E-state index contributed by atoms with van der Waals surface area (Å²) in [5, 5.41) is 9.04. The van der Waals surface area contributed by atoms with Crippen LogP contribution in [0, 0.1) is 17.3 Å². The van der Waals surface area contributed by atoms with E-state index in [1.165, 1.54) is 0 Å². The van der Waals surface area contributed by atoms with Crippen molar-refractivity contribution < 1.29 is 9.90 Å². The van der Waals surface area contributed by atoms with Gasteiger partial charge in [0.05, 0.1) is 5.92 Å². The Morgan fingerprint density at radius 1 is 1.46 bits per heavy atom. The second-order valence-corrected chi connectivity index (χ2v) is 4.45. The van der Waals surface area contributed by atoms with Crippen LogP contribution in [0.1, 0.15) is 27.7 Å². The van der Waals surface area contributed by atoms with Crippen molar-refractivity contribution in [1.82, 2.24) is 0 Å². The Bertz CT molecular complexity index is 203. The molecule has 0 spiro atoms. The molecule has 3 nitrogen and oxygen atoms in total. The summed E-state index contributed by atoms with van der Waals surface area (Å²) in [5.74, 6) is -1.15. The van der Waals surface area contributed by atoms with Gasteiger partial charge in [-0.05, 0) is 5.41 Å². The molecule has 0 aliphatic heterocycles. The third-order valence-corrected chi connectivity index (χ3v) is 2.11. The van der Waals surface area contributed by atoms with Crippen molar-refractivity contribution in [3.63, 3.8) is 0 Å². The van der Waals surface area contributed by atoms with Crippen LogP contribution in [0.4, 0.5) is 0 Å². The lowest BCUT2D eigenvalue weighted by Gasteiger charge is -2.30. The Hall–Kier alpha value is -0.860. The van der Waals surface area contributed by atoms with Crippen molar-refractivity contribution in [2.45, 2.75) is 27.7 Å². The average molecular weight is 185 g/mol. The van der Waals surface area contributed by atoms with Gasteiger partial charge < -0.3 is 10.1 Å². The molecule has 0 heterocycles. The minimum absolute atomic E-state index is 0.0255. The fourth-order valence-electron chi connectivity index (χ4n) is 1.71. The smallest absolute Gasteiger partial charge is 0.307 e. The first-order valence-electron chi connectivity index (χ1n) is 4.45. The Morgan fingerprint density at radius 3 is 2.15 bits per heavy atom. The lowest BCUT2D eigenvalue weighted by Crippen LogP contribution is -2.34. The Balaban J connectivity index is 4.72. The number of carboxylic acid groups (broad SMARTS) is 1. The first kappa shape index (κ1) is 12.1. The van der Waals surface area contributed by atoms with E-state index in [0.29, 0.717) is 0 Å². The molecule has 3 heteroatoms. The van der Waals surface area contributed by atoms with Gasteiger partial charge >= 0.3 is 5.97 Å². The van der Waals surface area contributed by atoms with Gasteiger partial charge in [-0.15, -0.1) is 0 Å². The number of carbonyl (C=O) groups is 1. The molecule has 0 aliphatic carbocycles. The van der Waals surface area contributed by atoms with E-state index >= 15 is 0 Å². The summed E-state index contributed by atoms with van der Waals surface area (Å²) >= 11 is 0. The van der Waals surface area contributed by atoms with Crippen molar-refractivity contribution in [2.24, 2.45) is 22.2 Å². The van der Waals surface area contributed by atoms with Crippen LogP contribution in [0.3, 0.4) is 0 Å². The summed E-state index contributed by atoms with van der Waals surface area (Å²) in [5.41, 5.74) is -0.230. The molecular weight excluding hydrogens is 166 g/mol. The molecule has 0 saturated carbocycles. The molecule has 0 aromatic carbocycles. The molecule has 0 bridgehead atoms. The van der Waals surface area contributed by atoms with E-state index in [1.54, 1.807) is 13.3 Å². The van der Waals surface area contributed by atoms with Gasteiger partial charge in [-0.25, -0.2) is 0 Å². The SMILES string of the molecule is CN=C[C@H](C)[C@@H](C(=O)O)C(C)(C)C. The Morgan fingerprint density at radius 2 is 1.92 bits per heavy atom. The van der Waals surface area contributed by atoms with Crippen LogP contribution in [0.2, 0.25) is 0 Å². The van der Waals surface area contributed by atoms with Gasteiger partial charge in [0.2, 0.25) is 0 Å². The van der Waals surface area contributed by atoms with Crippen LogP contribution in [0.25, 0.3) is 0 Å². The first-order chi connectivity index (χ1) is 5.80. The molecule has 2 atom stereocenters. The normalized spacial score (nSPS) is 17.3. The number of hydrogen-bond acceptors (Lipinski definition) is 2. The number of aliphatic carboxylic acids is 1. The second kappa shape index (κ2) is 4.40. The van der Waals surface area contributed by atoms with Crippen molar-refractivity contribution in [1.29, 1.82) is 0 Å². The molecule has 0 radical (unpaired) electrons. The zero-order valence-corrected chi connectivity index (χ0v) is 9.03. The van der Waals surface area contributed by atoms with Crippen LogP contribution in [-0.2, 0) is 4.79 Å². The summed E-state index contributed by atoms with van der Waals surface area (Å²) in [4.78, 5) is 14.9. The highest BCUT2D eigenvalue weighted by molar-refractivity contribution is 5.76. The van der Waals surface area contributed by atoms with E-state index in [9.17, 15) is 4.79 Å². The van der Waals surface area contributed by atoms with E-state index < -0.39 is 5.97 Å². The maximum Gasteiger partial charge on any atom is 0.307 e. The molecule has 0 aliphatic rings. The summed E-state index contributed by atoms with van der Waals surface area (Å²) in [6, 6.07) is 0. The molecule has 0 aromatic rings. The molecular formula is C10H19NO2. The molecule has 1 N–H and O–H groups in total. The van der Waals surface area contributed by atoms with Crippen molar-refractivity contribution >= 4 is 12.2 Å². The summed E-state index contributed by atoms with van der Waals surface area (Å²) < 4.78 is 0. The van der Waals surface area contributed by atoms with E-state index in [-0.39, 0.29) is 17.3 Å².